The normalized spacial score (nSPS) is 11.2. The molecule has 0 atom stereocenters. The second-order valence-corrected chi connectivity index (χ2v) is 3.97. The Morgan fingerprint density at radius 3 is 2.89 bits per heavy atom. The first-order valence-electron chi connectivity index (χ1n) is 5.38. The molecule has 0 aliphatic heterocycles. The van der Waals surface area contributed by atoms with Crippen LogP contribution in [0.25, 0.3) is 11.1 Å². The van der Waals surface area contributed by atoms with Gasteiger partial charge in [-0.25, -0.2) is 9.97 Å². The Labute approximate surface area is 101 Å². The molecule has 0 aliphatic carbocycles. The maximum Gasteiger partial charge on any atom is 0.267 e. The minimum Gasteiger partial charge on any atom is -0.444 e. The van der Waals surface area contributed by atoms with E-state index in [0.29, 0.717) is 22.7 Å². The van der Waals surface area contributed by atoms with Gasteiger partial charge in [-0.3, -0.25) is 9.36 Å². The molecular weight excluding hydrogens is 236 g/mol. The van der Waals surface area contributed by atoms with E-state index in [1.807, 2.05) is 0 Å². The predicted octanol–water partition coefficient (Wildman–Crippen LogP) is 1.04. The molecule has 0 bridgehead atoms. The van der Waals surface area contributed by atoms with Crippen LogP contribution in [-0.4, -0.2) is 19.7 Å². The van der Waals surface area contributed by atoms with Gasteiger partial charge in [0.1, 0.15) is 17.5 Å². The van der Waals surface area contributed by atoms with Crippen LogP contribution in [0.15, 0.2) is 26.3 Å². The molecule has 0 aromatic carbocycles. The van der Waals surface area contributed by atoms with Gasteiger partial charge in [0.2, 0.25) is 0 Å². The van der Waals surface area contributed by atoms with Crippen LogP contribution in [0.4, 0.5) is 0 Å². The molecule has 3 aromatic rings. The van der Waals surface area contributed by atoms with Crippen molar-refractivity contribution < 1.29 is 8.94 Å². The van der Waals surface area contributed by atoms with Crippen molar-refractivity contribution in [1.29, 1.82) is 0 Å². The molecular formula is C11H10N4O3. The molecule has 0 N–H and O–H groups in total. The van der Waals surface area contributed by atoms with Crippen molar-refractivity contribution in [2.75, 3.05) is 0 Å². The van der Waals surface area contributed by atoms with Crippen molar-refractivity contribution in [3.63, 3.8) is 0 Å². The molecule has 92 valence electrons. The lowest BCUT2D eigenvalue weighted by molar-refractivity contribution is 0.440. The van der Waals surface area contributed by atoms with Crippen LogP contribution < -0.4 is 5.56 Å². The third-order valence-corrected chi connectivity index (χ3v) is 2.63. The van der Waals surface area contributed by atoms with Crippen LogP contribution in [0.5, 0.6) is 0 Å². The van der Waals surface area contributed by atoms with Gasteiger partial charge in [0.05, 0.1) is 18.4 Å². The lowest BCUT2D eigenvalue weighted by atomic mass is 10.3. The van der Waals surface area contributed by atoms with E-state index in [2.05, 4.69) is 15.1 Å². The molecule has 3 heterocycles. The smallest absolute Gasteiger partial charge is 0.267 e. The molecule has 7 nitrogen and oxygen atoms in total. The summed E-state index contributed by atoms with van der Waals surface area (Å²) in [5.74, 6) is 1.16. The first kappa shape index (κ1) is 10.7. The van der Waals surface area contributed by atoms with E-state index in [9.17, 15) is 4.79 Å². The predicted molar refractivity (Wildman–Crippen MR) is 61.1 cm³/mol. The molecule has 3 aromatic heterocycles. The summed E-state index contributed by atoms with van der Waals surface area (Å²) < 4.78 is 11.7. The molecule has 0 unspecified atom stereocenters. The highest BCUT2D eigenvalue weighted by Crippen LogP contribution is 2.10. The van der Waals surface area contributed by atoms with Crippen molar-refractivity contribution in [2.45, 2.75) is 20.4 Å². The van der Waals surface area contributed by atoms with Gasteiger partial charge in [-0.2, -0.15) is 0 Å². The quantitative estimate of drug-likeness (QED) is 0.671. The average molecular weight is 246 g/mol. The first-order chi connectivity index (χ1) is 8.65. The van der Waals surface area contributed by atoms with Gasteiger partial charge < -0.3 is 8.94 Å². The van der Waals surface area contributed by atoms with Crippen LogP contribution >= 0.6 is 0 Å². The summed E-state index contributed by atoms with van der Waals surface area (Å²) in [6.07, 6.45) is 3.00. The number of aryl methyl sites for hydroxylation is 2. The maximum absolute atomic E-state index is 12.2. The fraction of sp³-hybridized carbons (Fsp3) is 0.273. The summed E-state index contributed by atoms with van der Waals surface area (Å²) in [5.41, 5.74) is 0.584. The van der Waals surface area contributed by atoms with E-state index in [-0.39, 0.29) is 17.8 Å². The molecule has 0 saturated heterocycles. The van der Waals surface area contributed by atoms with Crippen molar-refractivity contribution in [3.05, 3.63) is 40.2 Å². The van der Waals surface area contributed by atoms with E-state index in [1.54, 1.807) is 20.0 Å². The van der Waals surface area contributed by atoms with Gasteiger partial charge >= 0.3 is 0 Å². The average Bonchev–Trinajstić information content (AvgIpc) is 2.90. The van der Waals surface area contributed by atoms with E-state index < -0.39 is 0 Å². The number of fused-ring (bicyclic) bond motifs is 1. The molecule has 0 fully saturated rings. The third kappa shape index (κ3) is 1.60. The number of oxazole rings is 1. The fourth-order valence-electron chi connectivity index (χ4n) is 1.77. The van der Waals surface area contributed by atoms with Crippen molar-refractivity contribution >= 4 is 11.1 Å². The zero-order valence-electron chi connectivity index (χ0n) is 9.88. The minimum atomic E-state index is -0.201. The highest BCUT2D eigenvalue weighted by Gasteiger charge is 2.13. The SMILES string of the molecule is Cc1ncc(Cn2cnc3onc(C)c3c2=O)o1. The second-order valence-electron chi connectivity index (χ2n) is 3.97. The molecule has 0 amide bonds. The van der Waals surface area contributed by atoms with Gasteiger partial charge in [0.25, 0.3) is 11.3 Å². The summed E-state index contributed by atoms with van der Waals surface area (Å²) in [7, 11) is 0. The van der Waals surface area contributed by atoms with E-state index in [1.165, 1.54) is 10.9 Å². The van der Waals surface area contributed by atoms with Crippen LogP contribution in [0.1, 0.15) is 17.3 Å². The molecule has 0 radical (unpaired) electrons. The number of aromatic nitrogens is 4. The summed E-state index contributed by atoms with van der Waals surface area (Å²) in [5, 5.41) is 4.12. The highest BCUT2D eigenvalue weighted by atomic mass is 16.5. The van der Waals surface area contributed by atoms with Crippen LogP contribution in [0.2, 0.25) is 0 Å². The highest BCUT2D eigenvalue weighted by molar-refractivity contribution is 5.73. The number of hydrogen-bond donors (Lipinski definition) is 0. The maximum atomic E-state index is 12.2. The molecule has 0 spiro atoms. The van der Waals surface area contributed by atoms with Crippen LogP contribution in [-0.2, 0) is 6.54 Å². The number of hydrogen-bond acceptors (Lipinski definition) is 6. The molecule has 3 rings (SSSR count). The van der Waals surface area contributed by atoms with E-state index in [4.69, 9.17) is 8.94 Å². The standard InChI is InChI=1S/C11H10N4O3/c1-6-9-10(18-14-6)13-5-15(11(9)16)4-8-3-12-7(2)17-8/h3,5H,4H2,1-2H3. The molecule has 0 aliphatic rings. The Morgan fingerprint density at radius 1 is 1.33 bits per heavy atom. The Morgan fingerprint density at radius 2 is 2.17 bits per heavy atom. The van der Waals surface area contributed by atoms with Crippen molar-refractivity contribution in [2.24, 2.45) is 0 Å². The third-order valence-electron chi connectivity index (χ3n) is 2.63. The van der Waals surface area contributed by atoms with E-state index >= 15 is 0 Å². The fourth-order valence-corrected chi connectivity index (χ4v) is 1.77. The summed E-state index contributed by atoms with van der Waals surface area (Å²) in [4.78, 5) is 20.2. The second kappa shape index (κ2) is 3.80. The van der Waals surface area contributed by atoms with Gasteiger partial charge in [-0.15, -0.1) is 0 Å². The Hall–Kier alpha value is -2.44. The van der Waals surface area contributed by atoms with Crippen molar-refractivity contribution in [1.82, 2.24) is 19.7 Å². The zero-order valence-corrected chi connectivity index (χ0v) is 9.88. The van der Waals surface area contributed by atoms with Crippen LogP contribution in [0, 0.1) is 13.8 Å². The summed E-state index contributed by atoms with van der Waals surface area (Å²) in [6.45, 7) is 3.74. The van der Waals surface area contributed by atoms with Gasteiger partial charge in [-0.1, -0.05) is 5.16 Å². The Bertz CT molecular complexity index is 768. The summed E-state index contributed by atoms with van der Waals surface area (Å²) in [6, 6.07) is 0. The number of rotatable bonds is 2. The monoisotopic (exact) mass is 246 g/mol. The van der Waals surface area contributed by atoms with Crippen LogP contribution in [0.3, 0.4) is 0 Å². The van der Waals surface area contributed by atoms with Gasteiger partial charge in [-0.05, 0) is 6.92 Å². The minimum absolute atomic E-state index is 0.201. The Balaban J connectivity index is 2.10. The van der Waals surface area contributed by atoms with Gasteiger partial charge in [0, 0.05) is 6.92 Å². The number of nitrogens with zero attached hydrogens (tertiary/aromatic N) is 4. The summed E-state index contributed by atoms with van der Waals surface area (Å²) >= 11 is 0. The zero-order chi connectivity index (χ0) is 12.7. The van der Waals surface area contributed by atoms with E-state index in [0.717, 1.165) is 0 Å². The molecule has 0 saturated carbocycles. The molecule has 18 heavy (non-hydrogen) atoms. The van der Waals surface area contributed by atoms with Crippen molar-refractivity contribution in [3.8, 4) is 0 Å². The lowest BCUT2D eigenvalue weighted by Gasteiger charge is -2.01. The topological polar surface area (TPSA) is 87.0 Å². The first-order valence-corrected chi connectivity index (χ1v) is 5.38. The molecule has 7 heteroatoms. The largest absolute Gasteiger partial charge is 0.444 e. The Kier molecular flexibility index (Phi) is 2.26. The van der Waals surface area contributed by atoms with Gasteiger partial charge in [0.15, 0.2) is 5.89 Å². The lowest BCUT2D eigenvalue weighted by Crippen LogP contribution is -2.20.